The Balaban J connectivity index is 1.92. The van der Waals surface area contributed by atoms with Crippen molar-refractivity contribution in [2.24, 2.45) is 5.92 Å². The molecule has 1 saturated heterocycles. The van der Waals surface area contributed by atoms with Crippen molar-refractivity contribution < 1.29 is 9.90 Å². The van der Waals surface area contributed by atoms with E-state index in [2.05, 4.69) is 6.92 Å². The van der Waals surface area contributed by atoms with Crippen LogP contribution >= 0.6 is 0 Å². The standard InChI is InChI=1S/C16H23NO2/c1-3-12(2)16(19)17-10-8-14(9-11-17)13-4-6-15(18)7-5-13/h4-7,12,14,18H,3,8-11H2,1-2H3. The Morgan fingerprint density at radius 2 is 1.89 bits per heavy atom. The molecule has 3 nitrogen and oxygen atoms in total. The molecule has 0 aliphatic carbocycles. The first-order valence-corrected chi connectivity index (χ1v) is 7.19. The van der Waals surface area contributed by atoms with Crippen LogP contribution in [0.15, 0.2) is 24.3 Å². The highest BCUT2D eigenvalue weighted by Crippen LogP contribution is 2.29. The third-order valence-electron chi connectivity index (χ3n) is 4.21. The van der Waals surface area contributed by atoms with E-state index in [1.165, 1.54) is 5.56 Å². The molecular weight excluding hydrogens is 238 g/mol. The number of hydrogen-bond donors (Lipinski definition) is 1. The van der Waals surface area contributed by atoms with Crippen LogP contribution in [0, 0.1) is 5.92 Å². The Labute approximate surface area is 115 Å². The van der Waals surface area contributed by atoms with Crippen LogP contribution in [0.25, 0.3) is 0 Å². The number of aromatic hydroxyl groups is 1. The van der Waals surface area contributed by atoms with Crippen LogP contribution < -0.4 is 0 Å². The summed E-state index contributed by atoms with van der Waals surface area (Å²) in [5.41, 5.74) is 1.27. The molecule has 1 N–H and O–H groups in total. The molecule has 1 aromatic carbocycles. The van der Waals surface area contributed by atoms with Crippen LogP contribution in [-0.2, 0) is 4.79 Å². The fourth-order valence-corrected chi connectivity index (χ4v) is 2.67. The van der Waals surface area contributed by atoms with Crippen LogP contribution in [0.3, 0.4) is 0 Å². The molecule has 1 atom stereocenters. The Morgan fingerprint density at radius 1 is 1.32 bits per heavy atom. The number of phenolic OH excluding ortho intramolecular Hbond substituents is 1. The monoisotopic (exact) mass is 261 g/mol. The number of amides is 1. The van der Waals surface area contributed by atoms with Gasteiger partial charge >= 0.3 is 0 Å². The number of carbonyl (C=O) groups excluding carboxylic acids is 1. The molecule has 104 valence electrons. The zero-order valence-corrected chi connectivity index (χ0v) is 11.8. The number of likely N-dealkylation sites (tertiary alicyclic amines) is 1. The summed E-state index contributed by atoms with van der Waals surface area (Å²) in [6.07, 6.45) is 2.95. The lowest BCUT2D eigenvalue weighted by atomic mass is 9.89. The Kier molecular flexibility index (Phi) is 4.46. The van der Waals surface area contributed by atoms with E-state index in [1.54, 1.807) is 12.1 Å². The van der Waals surface area contributed by atoms with E-state index >= 15 is 0 Å². The predicted octanol–water partition coefficient (Wildman–Crippen LogP) is 3.14. The molecule has 1 aliphatic rings. The van der Waals surface area contributed by atoms with Crippen molar-refractivity contribution >= 4 is 5.91 Å². The van der Waals surface area contributed by atoms with Crippen LogP contribution in [-0.4, -0.2) is 29.0 Å². The third-order valence-corrected chi connectivity index (χ3v) is 4.21. The third kappa shape index (κ3) is 3.28. The average molecular weight is 261 g/mol. The van der Waals surface area contributed by atoms with E-state index in [1.807, 2.05) is 24.0 Å². The fourth-order valence-electron chi connectivity index (χ4n) is 2.67. The van der Waals surface area contributed by atoms with Crippen molar-refractivity contribution in [3.8, 4) is 5.75 Å². The van der Waals surface area contributed by atoms with Gasteiger partial charge in [0.2, 0.25) is 5.91 Å². The van der Waals surface area contributed by atoms with Gasteiger partial charge in [-0.25, -0.2) is 0 Å². The fraction of sp³-hybridized carbons (Fsp3) is 0.562. The van der Waals surface area contributed by atoms with Gasteiger partial charge in [0.1, 0.15) is 5.75 Å². The number of carbonyl (C=O) groups is 1. The van der Waals surface area contributed by atoms with Gasteiger partial charge in [-0.3, -0.25) is 4.79 Å². The molecule has 1 heterocycles. The highest BCUT2D eigenvalue weighted by Gasteiger charge is 2.25. The lowest BCUT2D eigenvalue weighted by Gasteiger charge is -2.33. The van der Waals surface area contributed by atoms with E-state index < -0.39 is 0 Å². The average Bonchev–Trinajstić information content (AvgIpc) is 2.46. The minimum atomic E-state index is 0.144. The summed E-state index contributed by atoms with van der Waals surface area (Å²) in [4.78, 5) is 14.1. The predicted molar refractivity (Wildman–Crippen MR) is 76.1 cm³/mol. The first kappa shape index (κ1) is 13.9. The minimum Gasteiger partial charge on any atom is -0.508 e. The van der Waals surface area contributed by atoms with Gasteiger partial charge in [0.25, 0.3) is 0 Å². The largest absolute Gasteiger partial charge is 0.508 e. The summed E-state index contributed by atoms with van der Waals surface area (Å²) in [6.45, 7) is 5.78. The number of nitrogens with zero attached hydrogens (tertiary/aromatic N) is 1. The summed E-state index contributed by atoms with van der Waals surface area (Å²) in [6, 6.07) is 7.47. The van der Waals surface area contributed by atoms with Gasteiger partial charge in [-0.15, -0.1) is 0 Å². The van der Waals surface area contributed by atoms with Gasteiger partial charge in [0.05, 0.1) is 0 Å². The molecule has 1 amide bonds. The zero-order chi connectivity index (χ0) is 13.8. The van der Waals surface area contributed by atoms with Gasteiger partial charge < -0.3 is 10.0 Å². The van der Waals surface area contributed by atoms with E-state index in [9.17, 15) is 9.90 Å². The van der Waals surface area contributed by atoms with Gasteiger partial charge in [-0.1, -0.05) is 26.0 Å². The van der Waals surface area contributed by atoms with Crippen molar-refractivity contribution in [3.63, 3.8) is 0 Å². The van der Waals surface area contributed by atoms with E-state index in [4.69, 9.17) is 0 Å². The minimum absolute atomic E-state index is 0.144. The maximum atomic E-state index is 12.1. The van der Waals surface area contributed by atoms with E-state index in [0.29, 0.717) is 17.6 Å². The Hall–Kier alpha value is -1.51. The summed E-state index contributed by atoms with van der Waals surface area (Å²) in [7, 11) is 0. The van der Waals surface area contributed by atoms with Crippen molar-refractivity contribution in [2.75, 3.05) is 13.1 Å². The number of rotatable bonds is 3. The Morgan fingerprint density at radius 3 is 2.42 bits per heavy atom. The number of piperidine rings is 1. The topological polar surface area (TPSA) is 40.5 Å². The molecule has 1 unspecified atom stereocenters. The molecule has 0 radical (unpaired) electrons. The second kappa shape index (κ2) is 6.09. The zero-order valence-electron chi connectivity index (χ0n) is 11.8. The molecule has 3 heteroatoms. The molecule has 2 rings (SSSR count). The highest BCUT2D eigenvalue weighted by atomic mass is 16.3. The summed E-state index contributed by atoms with van der Waals surface area (Å²) in [5.74, 6) is 1.27. The summed E-state index contributed by atoms with van der Waals surface area (Å²) >= 11 is 0. The van der Waals surface area contributed by atoms with Crippen molar-refractivity contribution in [1.82, 2.24) is 4.90 Å². The maximum absolute atomic E-state index is 12.1. The smallest absolute Gasteiger partial charge is 0.225 e. The second-order valence-electron chi connectivity index (χ2n) is 5.50. The SMILES string of the molecule is CCC(C)C(=O)N1CCC(c2ccc(O)cc2)CC1. The summed E-state index contributed by atoms with van der Waals surface area (Å²) < 4.78 is 0. The molecule has 0 aromatic heterocycles. The molecule has 1 fully saturated rings. The molecular formula is C16H23NO2. The highest BCUT2D eigenvalue weighted by molar-refractivity contribution is 5.78. The molecule has 1 aliphatic heterocycles. The van der Waals surface area contributed by atoms with Gasteiger partial charge in [0.15, 0.2) is 0 Å². The van der Waals surface area contributed by atoms with E-state index in [0.717, 1.165) is 32.4 Å². The quantitative estimate of drug-likeness (QED) is 0.908. The van der Waals surface area contributed by atoms with Crippen molar-refractivity contribution in [3.05, 3.63) is 29.8 Å². The first-order valence-electron chi connectivity index (χ1n) is 7.19. The lowest BCUT2D eigenvalue weighted by molar-refractivity contribution is -0.136. The maximum Gasteiger partial charge on any atom is 0.225 e. The number of benzene rings is 1. The molecule has 19 heavy (non-hydrogen) atoms. The first-order chi connectivity index (χ1) is 9.11. The summed E-state index contributed by atoms with van der Waals surface area (Å²) in [5, 5.41) is 9.31. The number of hydrogen-bond acceptors (Lipinski definition) is 2. The van der Waals surface area contributed by atoms with Gasteiger partial charge in [0, 0.05) is 19.0 Å². The van der Waals surface area contributed by atoms with Crippen LogP contribution in [0.2, 0.25) is 0 Å². The molecule has 0 bridgehead atoms. The van der Waals surface area contributed by atoms with E-state index in [-0.39, 0.29) is 5.92 Å². The molecule has 0 spiro atoms. The molecule has 1 aromatic rings. The second-order valence-corrected chi connectivity index (χ2v) is 5.50. The van der Waals surface area contributed by atoms with Gasteiger partial charge in [-0.2, -0.15) is 0 Å². The number of phenols is 1. The van der Waals surface area contributed by atoms with Crippen LogP contribution in [0.1, 0.15) is 44.6 Å². The molecule has 0 saturated carbocycles. The van der Waals surface area contributed by atoms with Crippen molar-refractivity contribution in [1.29, 1.82) is 0 Å². The Bertz CT molecular complexity index is 419. The lowest BCUT2D eigenvalue weighted by Crippen LogP contribution is -2.40. The van der Waals surface area contributed by atoms with Crippen molar-refractivity contribution in [2.45, 2.75) is 39.0 Å². The van der Waals surface area contributed by atoms with Crippen LogP contribution in [0.5, 0.6) is 5.75 Å². The van der Waals surface area contributed by atoms with Crippen LogP contribution in [0.4, 0.5) is 0 Å². The van der Waals surface area contributed by atoms with Gasteiger partial charge in [-0.05, 0) is 42.9 Å². The normalized spacial score (nSPS) is 18.3.